The summed E-state index contributed by atoms with van der Waals surface area (Å²) in [5.41, 5.74) is 1.32. The number of fused-ring (bicyclic) bond motifs is 1. The summed E-state index contributed by atoms with van der Waals surface area (Å²) >= 11 is 1.84. The van der Waals surface area contributed by atoms with Crippen molar-refractivity contribution in [1.82, 2.24) is 10.3 Å². The van der Waals surface area contributed by atoms with Gasteiger partial charge in [-0.3, -0.25) is 0 Å². The number of thiazole rings is 1. The maximum absolute atomic E-state index is 10.0. The average Bonchev–Trinajstić information content (AvgIpc) is 2.91. The van der Waals surface area contributed by atoms with Crippen molar-refractivity contribution in [2.75, 3.05) is 6.54 Å². The van der Waals surface area contributed by atoms with Gasteiger partial charge in [-0.05, 0) is 25.2 Å². The lowest BCUT2D eigenvalue weighted by Crippen LogP contribution is -2.32. The van der Waals surface area contributed by atoms with Gasteiger partial charge in [-0.25, -0.2) is 4.98 Å². The lowest BCUT2D eigenvalue weighted by molar-refractivity contribution is 0.101. The summed E-state index contributed by atoms with van der Waals surface area (Å²) in [4.78, 5) is 6.13. The fraction of sp³-hybridized carbons (Fsp3) is 0.786. The number of aryl methyl sites for hydroxylation is 2. The quantitative estimate of drug-likeness (QED) is 0.798. The van der Waals surface area contributed by atoms with E-state index in [1.165, 1.54) is 28.4 Å². The molecule has 1 atom stereocenters. The van der Waals surface area contributed by atoms with Crippen molar-refractivity contribution in [3.05, 3.63) is 15.6 Å². The van der Waals surface area contributed by atoms with Crippen LogP contribution in [0.1, 0.15) is 48.7 Å². The Morgan fingerprint density at radius 3 is 2.78 bits per heavy atom. The number of nitrogens with zero attached hydrogens (tertiary/aromatic N) is 1. The number of rotatable bonds is 7. The first-order valence-electron chi connectivity index (χ1n) is 7.10. The van der Waals surface area contributed by atoms with Crippen LogP contribution in [0.25, 0.3) is 0 Å². The molecule has 2 N–H and O–H groups in total. The zero-order chi connectivity index (χ0) is 13.0. The van der Waals surface area contributed by atoms with Crippen LogP contribution in [0.15, 0.2) is 0 Å². The van der Waals surface area contributed by atoms with Gasteiger partial charge in [0.25, 0.3) is 0 Å². The van der Waals surface area contributed by atoms with Crippen molar-refractivity contribution in [3.8, 4) is 0 Å². The summed E-state index contributed by atoms with van der Waals surface area (Å²) < 4.78 is 0. The van der Waals surface area contributed by atoms with Crippen molar-refractivity contribution in [2.45, 2.75) is 58.6 Å². The van der Waals surface area contributed by atoms with Gasteiger partial charge in [0.05, 0.1) is 11.8 Å². The standard InChI is InChI=1S/C14H24N2OS/c1-3-10(4-2)12(17)8-15-9-14-16-11-6-5-7-13(11)18-14/h10,12,15,17H,3-9H2,1-2H3. The minimum absolute atomic E-state index is 0.230. The molecule has 18 heavy (non-hydrogen) atoms. The van der Waals surface area contributed by atoms with Gasteiger partial charge < -0.3 is 10.4 Å². The van der Waals surface area contributed by atoms with Crippen LogP contribution in [0.2, 0.25) is 0 Å². The molecule has 2 rings (SSSR count). The molecule has 1 aliphatic carbocycles. The topological polar surface area (TPSA) is 45.1 Å². The van der Waals surface area contributed by atoms with Gasteiger partial charge in [0.2, 0.25) is 0 Å². The Hall–Kier alpha value is -0.450. The summed E-state index contributed by atoms with van der Waals surface area (Å²) in [5.74, 6) is 0.416. The van der Waals surface area contributed by atoms with Gasteiger partial charge >= 0.3 is 0 Å². The maximum atomic E-state index is 10.0. The van der Waals surface area contributed by atoms with Gasteiger partial charge in [-0.15, -0.1) is 11.3 Å². The molecule has 4 heteroatoms. The molecule has 1 aliphatic rings. The fourth-order valence-electron chi connectivity index (χ4n) is 2.65. The van der Waals surface area contributed by atoms with Crippen LogP contribution in [-0.4, -0.2) is 22.7 Å². The zero-order valence-corrected chi connectivity index (χ0v) is 12.2. The van der Waals surface area contributed by atoms with E-state index < -0.39 is 0 Å². The third kappa shape index (κ3) is 3.31. The number of aromatic nitrogens is 1. The summed E-state index contributed by atoms with van der Waals surface area (Å²) in [5, 5.41) is 14.5. The second-order valence-corrected chi connectivity index (χ2v) is 6.27. The highest BCUT2D eigenvalue weighted by molar-refractivity contribution is 7.11. The second-order valence-electron chi connectivity index (χ2n) is 5.11. The normalized spacial score (nSPS) is 16.2. The summed E-state index contributed by atoms with van der Waals surface area (Å²) in [6, 6.07) is 0. The molecule has 102 valence electrons. The van der Waals surface area contributed by atoms with E-state index in [4.69, 9.17) is 0 Å². The van der Waals surface area contributed by atoms with E-state index in [1.807, 2.05) is 11.3 Å². The molecule has 1 aromatic heterocycles. The molecule has 0 bridgehead atoms. The molecule has 0 aromatic carbocycles. The van der Waals surface area contributed by atoms with Gasteiger partial charge in [-0.2, -0.15) is 0 Å². The Morgan fingerprint density at radius 2 is 2.11 bits per heavy atom. The van der Waals surface area contributed by atoms with Crippen molar-refractivity contribution >= 4 is 11.3 Å². The summed E-state index contributed by atoms with van der Waals surface area (Å²) in [7, 11) is 0. The fourth-order valence-corrected chi connectivity index (χ4v) is 3.77. The Morgan fingerprint density at radius 1 is 1.33 bits per heavy atom. The predicted molar refractivity (Wildman–Crippen MR) is 75.9 cm³/mol. The largest absolute Gasteiger partial charge is 0.392 e. The Bertz CT molecular complexity index is 352. The van der Waals surface area contributed by atoms with E-state index >= 15 is 0 Å². The van der Waals surface area contributed by atoms with E-state index in [2.05, 4.69) is 24.1 Å². The average molecular weight is 268 g/mol. The van der Waals surface area contributed by atoms with Crippen LogP contribution in [-0.2, 0) is 19.4 Å². The van der Waals surface area contributed by atoms with Gasteiger partial charge in [0, 0.05) is 18.0 Å². The molecule has 1 unspecified atom stereocenters. The van der Waals surface area contributed by atoms with Crippen LogP contribution >= 0.6 is 11.3 Å². The molecule has 3 nitrogen and oxygen atoms in total. The molecular weight excluding hydrogens is 244 g/mol. The number of hydrogen-bond acceptors (Lipinski definition) is 4. The molecule has 1 aromatic rings. The highest BCUT2D eigenvalue weighted by Crippen LogP contribution is 2.27. The predicted octanol–water partition coefficient (Wildman–Crippen LogP) is 2.52. The van der Waals surface area contributed by atoms with Crippen LogP contribution < -0.4 is 5.32 Å². The van der Waals surface area contributed by atoms with Crippen molar-refractivity contribution in [1.29, 1.82) is 0 Å². The lowest BCUT2D eigenvalue weighted by Gasteiger charge is -2.20. The zero-order valence-electron chi connectivity index (χ0n) is 11.4. The van der Waals surface area contributed by atoms with E-state index in [1.54, 1.807) is 0 Å². The first kappa shape index (κ1) is 14.0. The first-order valence-corrected chi connectivity index (χ1v) is 7.92. The lowest BCUT2D eigenvalue weighted by atomic mass is 9.97. The number of aliphatic hydroxyl groups is 1. The van der Waals surface area contributed by atoms with E-state index in [0.29, 0.717) is 12.5 Å². The molecule has 0 saturated heterocycles. The van der Waals surface area contributed by atoms with Crippen LogP contribution in [0, 0.1) is 5.92 Å². The van der Waals surface area contributed by atoms with Crippen LogP contribution in [0.5, 0.6) is 0 Å². The van der Waals surface area contributed by atoms with Crippen molar-refractivity contribution in [2.24, 2.45) is 5.92 Å². The van der Waals surface area contributed by atoms with Crippen LogP contribution in [0.3, 0.4) is 0 Å². The van der Waals surface area contributed by atoms with Gasteiger partial charge in [0.15, 0.2) is 0 Å². The number of aliphatic hydroxyl groups excluding tert-OH is 1. The third-order valence-corrected chi connectivity index (χ3v) is 5.02. The minimum atomic E-state index is -0.230. The monoisotopic (exact) mass is 268 g/mol. The maximum Gasteiger partial charge on any atom is 0.107 e. The molecule has 0 fully saturated rings. The Kier molecular flexibility index (Phi) is 5.15. The van der Waals surface area contributed by atoms with Crippen molar-refractivity contribution < 1.29 is 5.11 Å². The number of hydrogen-bond donors (Lipinski definition) is 2. The van der Waals surface area contributed by atoms with E-state index in [0.717, 1.165) is 25.8 Å². The first-order chi connectivity index (χ1) is 8.74. The SMILES string of the molecule is CCC(CC)C(O)CNCc1nc2c(s1)CCC2. The second kappa shape index (κ2) is 6.64. The third-order valence-electron chi connectivity index (χ3n) is 3.86. The summed E-state index contributed by atoms with van der Waals surface area (Å²) in [6.45, 7) is 5.76. The molecule has 1 heterocycles. The van der Waals surface area contributed by atoms with E-state index in [-0.39, 0.29) is 6.10 Å². The summed E-state index contributed by atoms with van der Waals surface area (Å²) in [6.07, 6.45) is 5.50. The molecule has 0 spiro atoms. The smallest absolute Gasteiger partial charge is 0.107 e. The van der Waals surface area contributed by atoms with E-state index in [9.17, 15) is 5.11 Å². The molecular formula is C14H24N2OS. The molecule has 0 amide bonds. The van der Waals surface area contributed by atoms with Crippen molar-refractivity contribution in [3.63, 3.8) is 0 Å². The van der Waals surface area contributed by atoms with Crippen LogP contribution in [0.4, 0.5) is 0 Å². The van der Waals surface area contributed by atoms with Gasteiger partial charge in [0.1, 0.15) is 5.01 Å². The molecule has 0 aliphatic heterocycles. The van der Waals surface area contributed by atoms with Gasteiger partial charge in [-0.1, -0.05) is 26.7 Å². The number of nitrogens with one attached hydrogen (secondary N) is 1. The molecule has 0 saturated carbocycles. The highest BCUT2D eigenvalue weighted by Gasteiger charge is 2.17. The Labute approximate surface area is 114 Å². The Balaban J connectivity index is 1.74. The minimum Gasteiger partial charge on any atom is -0.392 e. The highest BCUT2D eigenvalue weighted by atomic mass is 32.1. The molecule has 0 radical (unpaired) electrons.